The van der Waals surface area contributed by atoms with Gasteiger partial charge in [0.1, 0.15) is 5.82 Å². The second-order valence-corrected chi connectivity index (χ2v) is 4.07. The van der Waals surface area contributed by atoms with Crippen LogP contribution in [0, 0.1) is 0 Å². The summed E-state index contributed by atoms with van der Waals surface area (Å²) in [5.41, 5.74) is 7.42. The van der Waals surface area contributed by atoms with E-state index in [0.717, 1.165) is 11.3 Å². The normalized spacial score (nSPS) is 10.5. The van der Waals surface area contributed by atoms with Gasteiger partial charge in [0.25, 0.3) is 0 Å². The van der Waals surface area contributed by atoms with Gasteiger partial charge in [0, 0.05) is 28.2 Å². The molecule has 0 atom stereocenters. The van der Waals surface area contributed by atoms with Crippen molar-refractivity contribution in [2.45, 2.75) is 6.42 Å². The molecule has 2 aromatic rings. The molecule has 0 radical (unpaired) electrons. The van der Waals surface area contributed by atoms with Crippen LogP contribution in [0.4, 0.5) is 5.82 Å². The van der Waals surface area contributed by atoms with Gasteiger partial charge >= 0.3 is 0 Å². The summed E-state index contributed by atoms with van der Waals surface area (Å²) < 4.78 is 0. The number of hydrogen-bond acceptors (Lipinski definition) is 2. The van der Waals surface area contributed by atoms with Crippen LogP contribution in [0.2, 0.25) is 10.0 Å². The molecule has 15 heavy (non-hydrogen) atoms. The lowest BCUT2D eigenvalue weighted by molar-refractivity contribution is 1.000. The highest BCUT2D eigenvalue weighted by Crippen LogP contribution is 2.23. The van der Waals surface area contributed by atoms with E-state index in [1.54, 1.807) is 12.1 Å². The van der Waals surface area contributed by atoms with Gasteiger partial charge in [-0.05, 0) is 17.7 Å². The first-order chi connectivity index (χ1) is 7.15. The maximum absolute atomic E-state index is 6.04. The van der Waals surface area contributed by atoms with Gasteiger partial charge in [-0.3, -0.25) is 5.10 Å². The molecule has 0 aliphatic heterocycles. The molecular weight excluding hydrogens is 233 g/mol. The molecule has 1 aromatic carbocycles. The number of hydrogen-bond donors (Lipinski definition) is 2. The Balaban J connectivity index is 2.24. The van der Waals surface area contributed by atoms with Crippen molar-refractivity contribution in [2.24, 2.45) is 0 Å². The van der Waals surface area contributed by atoms with E-state index in [1.165, 1.54) is 0 Å². The molecule has 3 N–H and O–H groups in total. The fraction of sp³-hybridized carbons (Fsp3) is 0.100. The number of nitrogens with zero attached hydrogens (tertiary/aromatic N) is 1. The van der Waals surface area contributed by atoms with Crippen LogP contribution >= 0.6 is 23.2 Å². The Hall–Kier alpha value is -1.19. The number of anilines is 1. The first-order valence-electron chi connectivity index (χ1n) is 4.39. The van der Waals surface area contributed by atoms with E-state index in [0.29, 0.717) is 22.3 Å². The zero-order valence-corrected chi connectivity index (χ0v) is 9.31. The van der Waals surface area contributed by atoms with Gasteiger partial charge in [-0.2, -0.15) is 5.10 Å². The molecule has 0 aliphatic rings. The molecule has 0 amide bonds. The summed E-state index contributed by atoms with van der Waals surface area (Å²) in [6.07, 6.45) is 0.667. The molecule has 0 fully saturated rings. The average Bonchev–Trinajstić information content (AvgIpc) is 2.56. The molecule has 0 saturated carbocycles. The maximum atomic E-state index is 6.04. The molecule has 0 spiro atoms. The number of benzene rings is 1. The third kappa shape index (κ3) is 2.43. The predicted molar refractivity (Wildman–Crippen MR) is 62.3 cm³/mol. The summed E-state index contributed by atoms with van der Waals surface area (Å²) >= 11 is 11.8. The molecular formula is C10H9Cl2N3. The third-order valence-electron chi connectivity index (χ3n) is 2.05. The molecule has 0 aliphatic carbocycles. The second-order valence-electron chi connectivity index (χ2n) is 3.23. The molecule has 1 heterocycles. The lowest BCUT2D eigenvalue weighted by Gasteiger charge is -2.02. The Morgan fingerprint density at radius 3 is 2.67 bits per heavy atom. The minimum absolute atomic E-state index is 0.482. The van der Waals surface area contributed by atoms with Gasteiger partial charge in [0.2, 0.25) is 0 Å². The van der Waals surface area contributed by atoms with Gasteiger partial charge in [-0.15, -0.1) is 0 Å². The highest BCUT2D eigenvalue weighted by atomic mass is 35.5. The van der Waals surface area contributed by atoms with E-state index in [2.05, 4.69) is 10.2 Å². The zero-order valence-electron chi connectivity index (χ0n) is 7.80. The molecule has 1 aromatic heterocycles. The third-order valence-corrected chi connectivity index (χ3v) is 2.63. The van der Waals surface area contributed by atoms with Gasteiger partial charge in [0.05, 0.1) is 0 Å². The van der Waals surface area contributed by atoms with Crippen molar-refractivity contribution in [2.75, 3.05) is 5.73 Å². The van der Waals surface area contributed by atoms with Crippen LogP contribution in [-0.2, 0) is 6.42 Å². The number of H-pyrrole nitrogens is 1. The van der Waals surface area contributed by atoms with E-state index < -0.39 is 0 Å². The minimum atomic E-state index is 0.482. The Kier molecular flexibility index (Phi) is 2.84. The number of aromatic nitrogens is 2. The van der Waals surface area contributed by atoms with E-state index in [-0.39, 0.29) is 0 Å². The zero-order chi connectivity index (χ0) is 10.8. The van der Waals surface area contributed by atoms with Gasteiger partial charge in [0.15, 0.2) is 0 Å². The van der Waals surface area contributed by atoms with E-state index in [9.17, 15) is 0 Å². The van der Waals surface area contributed by atoms with Crippen LogP contribution in [0.5, 0.6) is 0 Å². The summed E-state index contributed by atoms with van der Waals surface area (Å²) in [6.45, 7) is 0. The summed E-state index contributed by atoms with van der Waals surface area (Å²) in [7, 11) is 0. The average molecular weight is 242 g/mol. The molecule has 78 valence electrons. The SMILES string of the molecule is Nc1cc(Cc2ccc(Cl)cc2Cl)[nH]n1. The minimum Gasteiger partial charge on any atom is -0.382 e. The Morgan fingerprint density at radius 2 is 2.07 bits per heavy atom. The van der Waals surface area contributed by atoms with Crippen molar-refractivity contribution >= 4 is 29.0 Å². The molecule has 0 saturated heterocycles. The first kappa shape index (κ1) is 10.3. The quantitative estimate of drug-likeness (QED) is 0.850. The lowest BCUT2D eigenvalue weighted by Crippen LogP contribution is -1.89. The van der Waals surface area contributed by atoms with Gasteiger partial charge in [-0.1, -0.05) is 29.3 Å². The first-order valence-corrected chi connectivity index (χ1v) is 5.14. The topological polar surface area (TPSA) is 54.7 Å². The summed E-state index contributed by atoms with van der Waals surface area (Å²) in [5.74, 6) is 0.482. The van der Waals surface area contributed by atoms with E-state index >= 15 is 0 Å². The summed E-state index contributed by atoms with van der Waals surface area (Å²) in [4.78, 5) is 0. The standard InChI is InChI=1S/C10H9Cl2N3/c11-7-2-1-6(9(12)4-7)3-8-5-10(13)15-14-8/h1-2,4-5H,3H2,(H3,13,14,15). The molecule has 2 rings (SSSR count). The lowest BCUT2D eigenvalue weighted by atomic mass is 10.1. The van der Waals surface area contributed by atoms with Crippen LogP contribution in [0.3, 0.4) is 0 Å². The van der Waals surface area contributed by atoms with Crippen LogP contribution in [-0.4, -0.2) is 10.2 Å². The fourth-order valence-electron chi connectivity index (χ4n) is 1.34. The van der Waals surface area contributed by atoms with Crippen molar-refractivity contribution in [3.05, 3.63) is 45.6 Å². The summed E-state index contributed by atoms with van der Waals surface area (Å²) in [5, 5.41) is 7.95. The smallest absolute Gasteiger partial charge is 0.145 e. The molecule has 5 heteroatoms. The van der Waals surface area contributed by atoms with Crippen LogP contribution < -0.4 is 5.73 Å². The van der Waals surface area contributed by atoms with Crippen molar-refractivity contribution in [1.82, 2.24) is 10.2 Å². The Labute approximate surface area is 97.2 Å². The Bertz CT molecular complexity index is 479. The molecule has 0 unspecified atom stereocenters. The van der Waals surface area contributed by atoms with Crippen LogP contribution in [0.1, 0.15) is 11.3 Å². The Morgan fingerprint density at radius 1 is 1.27 bits per heavy atom. The van der Waals surface area contributed by atoms with Crippen molar-refractivity contribution in [3.63, 3.8) is 0 Å². The monoisotopic (exact) mass is 241 g/mol. The largest absolute Gasteiger partial charge is 0.382 e. The highest BCUT2D eigenvalue weighted by molar-refractivity contribution is 6.35. The van der Waals surface area contributed by atoms with Crippen LogP contribution in [0.25, 0.3) is 0 Å². The molecule has 3 nitrogen and oxygen atoms in total. The number of rotatable bonds is 2. The van der Waals surface area contributed by atoms with Gasteiger partial charge < -0.3 is 5.73 Å². The predicted octanol–water partition coefficient (Wildman–Crippen LogP) is 2.89. The van der Waals surface area contributed by atoms with Crippen molar-refractivity contribution in [1.29, 1.82) is 0 Å². The van der Waals surface area contributed by atoms with Crippen molar-refractivity contribution in [3.8, 4) is 0 Å². The fourth-order valence-corrected chi connectivity index (χ4v) is 1.82. The van der Waals surface area contributed by atoms with Crippen molar-refractivity contribution < 1.29 is 0 Å². The number of nitrogens with two attached hydrogens (primary N) is 1. The number of aromatic amines is 1. The van der Waals surface area contributed by atoms with E-state index in [1.807, 2.05) is 12.1 Å². The van der Waals surface area contributed by atoms with E-state index in [4.69, 9.17) is 28.9 Å². The maximum Gasteiger partial charge on any atom is 0.145 e. The summed E-state index contributed by atoms with van der Waals surface area (Å²) in [6, 6.07) is 7.20. The molecule has 0 bridgehead atoms. The second kappa shape index (κ2) is 4.13. The highest BCUT2D eigenvalue weighted by Gasteiger charge is 2.04. The van der Waals surface area contributed by atoms with Gasteiger partial charge in [-0.25, -0.2) is 0 Å². The number of halogens is 2. The number of nitrogen functional groups attached to an aromatic ring is 1. The number of nitrogens with one attached hydrogen (secondary N) is 1. The van der Waals surface area contributed by atoms with Crippen LogP contribution in [0.15, 0.2) is 24.3 Å².